The van der Waals surface area contributed by atoms with Crippen LogP contribution >= 0.6 is 11.5 Å². The third-order valence-electron chi connectivity index (χ3n) is 4.24. The maximum Gasteiger partial charge on any atom is 0.147 e. The van der Waals surface area contributed by atoms with E-state index in [2.05, 4.69) is 26.8 Å². The molecule has 2 heterocycles. The van der Waals surface area contributed by atoms with E-state index in [0.29, 0.717) is 12.0 Å². The minimum Gasteiger partial charge on any atom is -0.366 e. The Kier molecular flexibility index (Phi) is 3.24. The Morgan fingerprint density at radius 2 is 2.18 bits per heavy atom. The van der Waals surface area contributed by atoms with Crippen LogP contribution in [-0.2, 0) is 0 Å². The Hall–Kier alpha value is -2.45. The number of aromatic nitrogens is 2. The SMILES string of the molecule is N#Cc1cccc(C2CC(Nc3nsc4cnccc34)C2)c1. The maximum atomic E-state index is 8.98. The van der Waals surface area contributed by atoms with Gasteiger partial charge < -0.3 is 5.32 Å². The molecule has 1 aliphatic rings. The molecular formula is C17H14N4S. The van der Waals surface area contributed by atoms with Crippen LogP contribution in [0.15, 0.2) is 42.7 Å². The summed E-state index contributed by atoms with van der Waals surface area (Å²) < 4.78 is 5.60. The summed E-state index contributed by atoms with van der Waals surface area (Å²) in [5.74, 6) is 1.51. The van der Waals surface area contributed by atoms with Crippen molar-refractivity contribution in [3.8, 4) is 6.07 Å². The molecule has 2 aromatic heterocycles. The molecule has 1 aliphatic carbocycles. The zero-order valence-corrected chi connectivity index (χ0v) is 12.7. The van der Waals surface area contributed by atoms with E-state index in [1.165, 1.54) is 17.1 Å². The minimum absolute atomic E-state index is 0.453. The number of hydrogen-bond donors (Lipinski definition) is 1. The first-order valence-corrected chi connectivity index (χ1v) is 8.07. The first-order valence-electron chi connectivity index (χ1n) is 7.29. The molecule has 0 radical (unpaired) electrons. The van der Waals surface area contributed by atoms with E-state index in [1.54, 1.807) is 6.20 Å². The topological polar surface area (TPSA) is 61.6 Å². The van der Waals surface area contributed by atoms with Crippen molar-refractivity contribution in [3.05, 3.63) is 53.9 Å². The fraction of sp³-hybridized carbons (Fsp3) is 0.235. The van der Waals surface area contributed by atoms with Gasteiger partial charge in [0, 0.05) is 23.8 Å². The smallest absolute Gasteiger partial charge is 0.147 e. The van der Waals surface area contributed by atoms with E-state index in [-0.39, 0.29) is 0 Å². The molecule has 0 aliphatic heterocycles. The van der Waals surface area contributed by atoms with Gasteiger partial charge in [0.1, 0.15) is 5.82 Å². The van der Waals surface area contributed by atoms with Crippen LogP contribution < -0.4 is 5.32 Å². The number of benzene rings is 1. The predicted molar refractivity (Wildman–Crippen MR) is 88.0 cm³/mol. The molecule has 0 spiro atoms. The molecule has 3 aromatic rings. The predicted octanol–water partition coefficient (Wildman–Crippen LogP) is 3.92. The first kappa shape index (κ1) is 13.2. The maximum absolute atomic E-state index is 8.98. The Morgan fingerprint density at radius 3 is 3.05 bits per heavy atom. The summed E-state index contributed by atoms with van der Waals surface area (Å²) in [5.41, 5.74) is 2.01. The quantitative estimate of drug-likeness (QED) is 0.796. The summed E-state index contributed by atoms with van der Waals surface area (Å²) in [5, 5.41) is 13.7. The fourth-order valence-electron chi connectivity index (χ4n) is 2.96. The van der Waals surface area contributed by atoms with Crippen molar-refractivity contribution in [2.24, 2.45) is 0 Å². The molecule has 4 nitrogen and oxygen atoms in total. The molecular weight excluding hydrogens is 292 g/mol. The molecule has 0 bridgehead atoms. The third kappa shape index (κ3) is 2.32. The van der Waals surface area contributed by atoms with Crippen LogP contribution in [0, 0.1) is 11.3 Å². The lowest BCUT2D eigenvalue weighted by Crippen LogP contribution is -2.34. The van der Waals surface area contributed by atoms with Gasteiger partial charge in [0.15, 0.2) is 0 Å². The van der Waals surface area contributed by atoms with Crippen LogP contribution in [0.4, 0.5) is 5.82 Å². The van der Waals surface area contributed by atoms with E-state index in [9.17, 15) is 0 Å². The van der Waals surface area contributed by atoms with Crippen molar-refractivity contribution < 1.29 is 0 Å². The largest absolute Gasteiger partial charge is 0.366 e. The van der Waals surface area contributed by atoms with Gasteiger partial charge in [-0.05, 0) is 54.1 Å². The highest BCUT2D eigenvalue weighted by Gasteiger charge is 2.31. The van der Waals surface area contributed by atoms with Crippen molar-refractivity contribution in [1.29, 1.82) is 5.26 Å². The zero-order valence-electron chi connectivity index (χ0n) is 11.9. The highest BCUT2D eigenvalue weighted by Crippen LogP contribution is 2.39. The lowest BCUT2D eigenvalue weighted by Gasteiger charge is -2.36. The average Bonchev–Trinajstić information content (AvgIpc) is 2.93. The Bertz CT molecular complexity index is 858. The van der Waals surface area contributed by atoms with E-state index in [4.69, 9.17) is 5.26 Å². The fourth-order valence-corrected chi connectivity index (χ4v) is 3.67. The second-order valence-corrected chi connectivity index (χ2v) is 6.45. The lowest BCUT2D eigenvalue weighted by atomic mass is 9.75. The van der Waals surface area contributed by atoms with Crippen LogP contribution in [0.3, 0.4) is 0 Å². The third-order valence-corrected chi connectivity index (χ3v) is 5.04. The van der Waals surface area contributed by atoms with Crippen molar-refractivity contribution in [1.82, 2.24) is 9.36 Å². The normalized spacial score (nSPS) is 20.3. The van der Waals surface area contributed by atoms with Crippen molar-refractivity contribution in [2.75, 3.05) is 5.32 Å². The van der Waals surface area contributed by atoms with Gasteiger partial charge in [-0.3, -0.25) is 4.98 Å². The summed E-state index contributed by atoms with van der Waals surface area (Å²) in [6, 6.07) is 12.6. The molecule has 108 valence electrons. The first-order chi connectivity index (χ1) is 10.8. The van der Waals surface area contributed by atoms with Crippen LogP contribution in [0.1, 0.15) is 29.9 Å². The molecule has 1 saturated carbocycles. The molecule has 0 unspecified atom stereocenters. The monoisotopic (exact) mass is 306 g/mol. The summed E-state index contributed by atoms with van der Waals surface area (Å²) in [6.07, 6.45) is 5.83. The number of rotatable bonds is 3. The highest BCUT2D eigenvalue weighted by molar-refractivity contribution is 7.13. The Balaban J connectivity index is 1.44. The van der Waals surface area contributed by atoms with E-state index < -0.39 is 0 Å². The summed E-state index contributed by atoms with van der Waals surface area (Å²) in [4.78, 5) is 4.12. The number of pyridine rings is 1. The molecule has 1 aromatic carbocycles. The molecule has 22 heavy (non-hydrogen) atoms. The minimum atomic E-state index is 0.453. The molecule has 0 atom stereocenters. The van der Waals surface area contributed by atoms with Crippen LogP contribution in [0.2, 0.25) is 0 Å². The molecule has 0 saturated heterocycles. The molecule has 1 fully saturated rings. The van der Waals surface area contributed by atoms with E-state index >= 15 is 0 Å². The number of nitrogens with one attached hydrogen (secondary N) is 1. The van der Waals surface area contributed by atoms with E-state index in [0.717, 1.165) is 34.3 Å². The second-order valence-electron chi connectivity index (χ2n) is 5.65. The van der Waals surface area contributed by atoms with Gasteiger partial charge in [0.25, 0.3) is 0 Å². The molecule has 1 N–H and O–H groups in total. The van der Waals surface area contributed by atoms with Gasteiger partial charge in [0.2, 0.25) is 0 Å². The molecule has 0 amide bonds. The lowest BCUT2D eigenvalue weighted by molar-refractivity contribution is 0.374. The molecule has 5 heteroatoms. The molecule has 4 rings (SSSR count). The second kappa shape index (κ2) is 5.39. The zero-order chi connectivity index (χ0) is 14.9. The highest BCUT2D eigenvalue weighted by atomic mass is 32.1. The van der Waals surface area contributed by atoms with Gasteiger partial charge in [-0.2, -0.15) is 9.64 Å². The summed E-state index contributed by atoms with van der Waals surface area (Å²) >= 11 is 1.48. The van der Waals surface area contributed by atoms with Crippen molar-refractivity contribution in [3.63, 3.8) is 0 Å². The van der Waals surface area contributed by atoms with Gasteiger partial charge >= 0.3 is 0 Å². The number of nitriles is 1. The number of fused-ring (bicyclic) bond motifs is 1. The van der Waals surface area contributed by atoms with Crippen molar-refractivity contribution in [2.45, 2.75) is 24.8 Å². The van der Waals surface area contributed by atoms with Crippen LogP contribution in [0.5, 0.6) is 0 Å². The van der Waals surface area contributed by atoms with Gasteiger partial charge in [-0.15, -0.1) is 0 Å². The van der Waals surface area contributed by atoms with Gasteiger partial charge in [0.05, 0.1) is 16.3 Å². The number of anilines is 1. The standard InChI is InChI=1S/C17H14N4S/c18-9-11-2-1-3-12(6-11)13-7-14(8-13)20-17-15-4-5-19-10-16(15)22-21-17/h1-6,10,13-14H,7-8H2,(H,20,21). The summed E-state index contributed by atoms with van der Waals surface area (Å²) in [7, 11) is 0. The Labute approximate surface area is 132 Å². The van der Waals surface area contributed by atoms with Crippen LogP contribution in [-0.4, -0.2) is 15.4 Å². The average molecular weight is 306 g/mol. The van der Waals surface area contributed by atoms with Crippen LogP contribution in [0.25, 0.3) is 10.1 Å². The van der Waals surface area contributed by atoms with Gasteiger partial charge in [-0.1, -0.05) is 12.1 Å². The number of hydrogen-bond acceptors (Lipinski definition) is 5. The number of nitrogens with zero attached hydrogens (tertiary/aromatic N) is 3. The van der Waals surface area contributed by atoms with Gasteiger partial charge in [-0.25, -0.2) is 0 Å². The van der Waals surface area contributed by atoms with E-state index in [1.807, 2.05) is 30.5 Å². The summed E-state index contributed by atoms with van der Waals surface area (Å²) in [6.45, 7) is 0. The van der Waals surface area contributed by atoms with Crippen molar-refractivity contribution >= 4 is 27.4 Å². The Morgan fingerprint density at radius 1 is 1.27 bits per heavy atom.